The van der Waals surface area contributed by atoms with E-state index in [0.29, 0.717) is 6.04 Å². The first-order chi connectivity index (χ1) is 12.2. The van der Waals surface area contributed by atoms with Gasteiger partial charge in [0.1, 0.15) is 0 Å². The smallest absolute Gasteiger partial charge is 0.193 e. The Bertz CT molecular complexity index is 578. The van der Waals surface area contributed by atoms with Gasteiger partial charge in [0.25, 0.3) is 0 Å². The Morgan fingerprint density at radius 2 is 2.12 bits per heavy atom. The largest absolute Gasteiger partial charge is 0.379 e. The van der Waals surface area contributed by atoms with Gasteiger partial charge in [-0.1, -0.05) is 0 Å². The molecule has 140 valence electrons. The summed E-state index contributed by atoms with van der Waals surface area (Å²) in [6.45, 7) is 12.0. The molecule has 0 bridgehead atoms. The molecule has 2 aliphatic heterocycles. The number of guanidine groups is 1. The first-order valence-corrected chi connectivity index (χ1v) is 9.46. The van der Waals surface area contributed by atoms with Crippen molar-refractivity contribution in [3.05, 3.63) is 17.5 Å². The molecule has 1 atom stereocenters. The molecule has 0 aliphatic carbocycles. The van der Waals surface area contributed by atoms with Crippen LogP contribution in [-0.2, 0) is 11.3 Å². The van der Waals surface area contributed by atoms with Crippen molar-refractivity contribution in [1.29, 1.82) is 0 Å². The van der Waals surface area contributed by atoms with Crippen molar-refractivity contribution in [2.75, 3.05) is 53.0 Å². The van der Waals surface area contributed by atoms with Gasteiger partial charge in [0.15, 0.2) is 5.96 Å². The van der Waals surface area contributed by atoms with Crippen LogP contribution in [-0.4, -0.2) is 84.6 Å². The number of morpholine rings is 1. The van der Waals surface area contributed by atoms with Gasteiger partial charge in [0.2, 0.25) is 0 Å². The molecule has 7 nitrogen and oxygen atoms in total. The van der Waals surface area contributed by atoms with Gasteiger partial charge in [-0.2, -0.15) is 5.10 Å². The quantitative estimate of drug-likeness (QED) is 0.486. The molecule has 2 aliphatic rings. The number of hydrogen-bond donors (Lipinski definition) is 1. The van der Waals surface area contributed by atoms with Crippen molar-refractivity contribution in [1.82, 2.24) is 24.9 Å². The molecule has 2 fully saturated rings. The zero-order valence-electron chi connectivity index (χ0n) is 15.9. The lowest BCUT2D eigenvalue weighted by Crippen LogP contribution is -2.46. The third-order valence-corrected chi connectivity index (χ3v) is 5.17. The van der Waals surface area contributed by atoms with Gasteiger partial charge in [-0.25, -0.2) is 0 Å². The van der Waals surface area contributed by atoms with Crippen molar-refractivity contribution in [2.24, 2.45) is 4.99 Å². The minimum absolute atomic E-state index is 0.636. The monoisotopic (exact) mass is 348 g/mol. The fourth-order valence-corrected chi connectivity index (χ4v) is 3.84. The molecule has 0 amide bonds. The van der Waals surface area contributed by atoms with Gasteiger partial charge >= 0.3 is 0 Å². The second-order valence-electron chi connectivity index (χ2n) is 7.01. The van der Waals surface area contributed by atoms with Gasteiger partial charge in [-0.05, 0) is 32.8 Å². The van der Waals surface area contributed by atoms with E-state index in [4.69, 9.17) is 4.74 Å². The Morgan fingerprint density at radius 1 is 1.32 bits per heavy atom. The predicted octanol–water partition coefficient (Wildman–Crippen LogP) is 0.872. The van der Waals surface area contributed by atoms with Crippen LogP contribution < -0.4 is 5.32 Å². The molecule has 2 saturated heterocycles. The number of ether oxygens (including phenoxy) is 1. The van der Waals surface area contributed by atoms with Crippen molar-refractivity contribution >= 4 is 5.96 Å². The number of aliphatic imine (C=N–C) groups is 1. The zero-order valence-corrected chi connectivity index (χ0v) is 15.9. The average molecular weight is 348 g/mol. The summed E-state index contributed by atoms with van der Waals surface area (Å²) < 4.78 is 7.56. The van der Waals surface area contributed by atoms with Crippen molar-refractivity contribution < 1.29 is 4.74 Å². The molecule has 0 saturated carbocycles. The topological polar surface area (TPSA) is 57.9 Å². The summed E-state index contributed by atoms with van der Waals surface area (Å²) in [7, 11) is 1.88. The Kier molecular flexibility index (Phi) is 6.31. The van der Waals surface area contributed by atoms with E-state index in [9.17, 15) is 0 Å². The molecule has 3 heterocycles. The fourth-order valence-electron chi connectivity index (χ4n) is 3.84. The van der Waals surface area contributed by atoms with Crippen LogP contribution >= 0.6 is 0 Å². The summed E-state index contributed by atoms with van der Waals surface area (Å²) in [6.07, 6.45) is 2.26. The summed E-state index contributed by atoms with van der Waals surface area (Å²) in [5.74, 6) is 1.03. The van der Waals surface area contributed by atoms with E-state index in [-0.39, 0.29) is 0 Å². The van der Waals surface area contributed by atoms with Gasteiger partial charge in [-0.15, -0.1) is 0 Å². The number of likely N-dealkylation sites (tertiary alicyclic amines) is 1. The lowest BCUT2D eigenvalue weighted by molar-refractivity contribution is 0.0195. The molecule has 25 heavy (non-hydrogen) atoms. The van der Waals surface area contributed by atoms with Crippen molar-refractivity contribution in [3.8, 4) is 0 Å². The van der Waals surface area contributed by atoms with E-state index in [2.05, 4.69) is 42.9 Å². The third kappa shape index (κ3) is 4.73. The molecule has 1 N–H and O–H groups in total. The Morgan fingerprint density at radius 3 is 2.80 bits per heavy atom. The summed E-state index contributed by atoms with van der Waals surface area (Å²) >= 11 is 0. The maximum absolute atomic E-state index is 5.47. The van der Waals surface area contributed by atoms with Crippen LogP contribution in [0.1, 0.15) is 24.2 Å². The van der Waals surface area contributed by atoms with Crippen LogP contribution in [0.2, 0.25) is 0 Å². The second-order valence-corrected chi connectivity index (χ2v) is 7.01. The van der Waals surface area contributed by atoms with E-state index in [1.165, 1.54) is 12.1 Å². The van der Waals surface area contributed by atoms with Crippen LogP contribution in [0.3, 0.4) is 0 Å². The van der Waals surface area contributed by atoms with Crippen molar-refractivity contribution in [3.63, 3.8) is 0 Å². The Balaban J connectivity index is 1.41. The Hall–Kier alpha value is -1.60. The zero-order chi connectivity index (χ0) is 17.6. The summed E-state index contributed by atoms with van der Waals surface area (Å²) in [6, 6.07) is 2.76. The number of hydrogen-bond acceptors (Lipinski definition) is 4. The van der Waals surface area contributed by atoms with Gasteiger partial charge < -0.3 is 15.0 Å². The minimum atomic E-state index is 0.636. The Labute approximate surface area is 151 Å². The molecule has 1 aromatic rings. The predicted molar refractivity (Wildman–Crippen MR) is 100 cm³/mol. The van der Waals surface area contributed by atoms with E-state index < -0.39 is 0 Å². The van der Waals surface area contributed by atoms with Crippen LogP contribution in [0.5, 0.6) is 0 Å². The average Bonchev–Trinajstić information content (AvgIpc) is 3.22. The number of nitrogens with one attached hydrogen (secondary N) is 1. The molecule has 3 rings (SSSR count). The number of nitrogens with zero attached hydrogens (tertiary/aromatic N) is 5. The lowest BCUT2D eigenvalue weighted by atomic mass is 10.2. The van der Waals surface area contributed by atoms with Crippen molar-refractivity contribution in [2.45, 2.75) is 39.3 Å². The highest BCUT2D eigenvalue weighted by Gasteiger charge is 2.30. The third-order valence-electron chi connectivity index (χ3n) is 5.17. The standard InChI is InChI=1S/C18H32N6O/c1-15-13-16(2)24(21-15)7-4-6-20-18(19-3)23-8-5-17(14-23)22-9-11-25-12-10-22/h13,17H,4-12,14H2,1-3H3,(H,19,20). The number of aryl methyl sites for hydroxylation is 3. The molecule has 0 spiro atoms. The van der Waals surface area contributed by atoms with E-state index >= 15 is 0 Å². The first-order valence-electron chi connectivity index (χ1n) is 9.46. The molecular formula is C18H32N6O. The molecule has 0 radical (unpaired) electrons. The van der Waals surface area contributed by atoms with E-state index in [1.807, 2.05) is 14.0 Å². The van der Waals surface area contributed by atoms with Crippen LogP contribution in [0.4, 0.5) is 0 Å². The number of rotatable bonds is 5. The molecular weight excluding hydrogens is 316 g/mol. The first kappa shape index (κ1) is 18.2. The SMILES string of the molecule is CN=C(NCCCn1nc(C)cc1C)N1CCC(N2CCOCC2)C1. The van der Waals surface area contributed by atoms with Gasteiger partial charge in [0.05, 0.1) is 18.9 Å². The lowest BCUT2D eigenvalue weighted by Gasteiger charge is -2.32. The number of aromatic nitrogens is 2. The maximum Gasteiger partial charge on any atom is 0.193 e. The van der Waals surface area contributed by atoms with Crippen LogP contribution in [0.25, 0.3) is 0 Å². The fraction of sp³-hybridized carbons (Fsp3) is 0.778. The van der Waals surface area contributed by atoms with Gasteiger partial charge in [-0.3, -0.25) is 14.6 Å². The summed E-state index contributed by atoms with van der Waals surface area (Å²) in [4.78, 5) is 9.44. The summed E-state index contributed by atoms with van der Waals surface area (Å²) in [5, 5.41) is 8.04. The van der Waals surface area contributed by atoms with E-state index in [0.717, 1.165) is 70.6 Å². The minimum Gasteiger partial charge on any atom is -0.379 e. The van der Waals surface area contributed by atoms with Crippen LogP contribution in [0.15, 0.2) is 11.1 Å². The summed E-state index contributed by atoms with van der Waals surface area (Å²) in [5.41, 5.74) is 2.32. The highest BCUT2D eigenvalue weighted by Crippen LogP contribution is 2.17. The molecule has 0 aromatic carbocycles. The maximum atomic E-state index is 5.47. The van der Waals surface area contributed by atoms with Gasteiger partial charge in [0, 0.05) is 58.1 Å². The van der Waals surface area contributed by atoms with E-state index in [1.54, 1.807) is 0 Å². The van der Waals surface area contributed by atoms with Crippen LogP contribution in [0, 0.1) is 13.8 Å². The second kappa shape index (κ2) is 8.67. The highest BCUT2D eigenvalue weighted by molar-refractivity contribution is 5.80. The highest BCUT2D eigenvalue weighted by atomic mass is 16.5. The molecule has 1 unspecified atom stereocenters. The molecule has 1 aromatic heterocycles. The normalized spacial score (nSPS) is 22.6. The molecule has 7 heteroatoms.